The summed E-state index contributed by atoms with van der Waals surface area (Å²) in [4.78, 5) is 17.4. The lowest BCUT2D eigenvalue weighted by Crippen LogP contribution is -2.60. The van der Waals surface area contributed by atoms with Crippen LogP contribution in [0.25, 0.3) is 0 Å². The summed E-state index contributed by atoms with van der Waals surface area (Å²) in [6, 6.07) is 10.0. The second kappa shape index (κ2) is 9.84. The normalized spacial score (nSPS) is 16.8. The van der Waals surface area contributed by atoms with Crippen LogP contribution in [0.2, 0.25) is 0 Å². The molecule has 0 saturated carbocycles. The zero-order valence-electron chi connectivity index (χ0n) is 16.7. The van der Waals surface area contributed by atoms with Gasteiger partial charge in [-0.25, -0.2) is 0 Å². The average Bonchev–Trinajstić information content (AvgIpc) is 3.14. The van der Waals surface area contributed by atoms with E-state index >= 15 is 0 Å². The van der Waals surface area contributed by atoms with Crippen LogP contribution in [0.1, 0.15) is 26.2 Å². The number of hydrogen-bond acceptors (Lipinski definition) is 4. The van der Waals surface area contributed by atoms with E-state index in [1.807, 2.05) is 53.0 Å². The van der Waals surface area contributed by atoms with Crippen LogP contribution in [-0.4, -0.2) is 59.5 Å². The van der Waals surface area contributed by atoms with Crippen LogP contribution in [0.3, 0.4) is 0 Å². The topological polar surface area (TPSA) is 50.6 Å². The number of piperidine rings is 1. The number of halogens is 1. The molecule has 1 aromatic heterocycles. The third-order valence-electron chi connectivity index (χ3n) is 5.49. The van der Waals surface area contributed by atoms with Crippen LogP contribution < -0.4 is 4.90 Å². The second-order valence-corrected chi connectivity index (χ2v) is 8.58. The van der Waals surface area contributed by atoms with Crippen molar-refractivity contribution in [2.24, 2.45) is 0 Å². The number of methoxy groups -OCH3 is 1. The highest BCUT2D eigenvalue weighted by Gasteiger charge is 2.42. The Balaban J connectivity index is 1.72. The number of rotatable bonds is 8. The van der Waals surface area contributed by atoms with Crippen LogP contribution in [0.4, 0.5) is 5.69 Å². The van der Waals surface area contributed by atoms with Gasteiger partial charge in [-0.1, -0.05) is 25.1 Å². The van der Waals surface area contributed by atoms with Crippen molar-refractivity contribution in [2.45, 2.75) is 38.3 Å². The van der Waals surface area contributed by atoms with Gasteiger partial charge in [0, 0.05) is 45.0 Å². The third-order valence-corrected chi connectivity index (χ3v) is 6.04. The van der Waals surface area contributed by atoms with E-state index in [9.17, 15) is 4.79 Å². The Morgan fingerprint density at radius 3 is 2.54 bits per heavy atom. The van der Waals surface area contributed by atoms with Crippen molar-refractivity contribution >= 4 is 34.2 Å². The number of anilines is 1. The van der Waals surface area contributed by atoms with Crippen molar-refractivity contribution < 1.29 is 9.53 Å². The second-order valence-electron chi connectivity index (χ2n) is 7.34. The van der Waals surface area contributed by atoms with Gasteiger partial charge in [-0.2, -0.15) is 5.10 Å². The molecule has 6 nitrogen and oxygen atoms in total. The Hall–Kier alpha value is -1.45. The van der Waals surface area contributed by atoms with Gasteiger partial charge >= 0.3 is 0 Å². The molecule has 1 fully saturated rings. The van der Waals surface area contributed by atoms with Gasteiger partial charge in [0.1, 0.15) is 0 Å². The molecule has 1 aliphatic rings. The van der Waals surface area contributed by atoms with E-state index in [0.717, 1.165) is 48.3 Å². The summed E-state index contributed by atoms with van der Waals surface area (Å²) in [7, 11) is 1.73. The fourth-order valence-corrected chi connectivity index (χ4v) is 4.46. The van der Waals surface area contributed by atoms with Gasteiger partial charge in [-0.05, 0) is 47.6 Å². The monoisotopic (exact) mass is 496 g/mol. The highest BCUT2D eigenvalue weighted by atomic mass is 127. The highest BCUT2D eigenvalue weighted by Crippen LogP contribution is 2.34. The van der Waals surface area contributed by atoms with Crippen molar-refractivity contribution in [1.82, 2.24) is 14.7 Å². The molecular formula is C21H29IN4O2. The minimum absolute atomic E-state index is 0.155. The first-order valence-electron chi connectivity index (χ1n) is 9.85. The maximum absolute atomic E-state index is 12.9. The fourth-order valence-electron chi connectivity index (χ4n) is 4.02. The summed E-state index contributed by atoms with van der Waals surface area (Å²) in [5.41, 5.74) is 0.673. The number of amides is 1. The van der Waals surface area contributed by atoms with E-state index < -0.39 is 0 Å². The zero-order valence-corrected chi connectivity index (χ0v) is 18.8. The van der Waals surface area contributed by atoms with Crippen LogP contribution in [-0.2, 0) is 16.1 Å². The molecule has 1 saturated heterocycles. The van der Waals surface area contributed by atoms with E-state index in [1.165, 1.54) is 0 Å². The highest BCUT2D eigenvalue weighted by molar-refractivity contribution is 14.1. The first-order valence-corrected chi connectivity index (χ1v) is 10.9. The van der Waals surface area contributed by atoms with E-state index in [2.05, 4.69) is 38.8 Å². The van der Waals surface area contributed by atoms with Crippen LogP contribution >= 0.6 is 22.6 Å². The smallest absolute Gasteiger partial charge is 0.227 e. The maximum Gasteiger partial charge on any atom is 0.227 e. The van der Waals surface area contributed by atoms with Gasteiger partial charge in [0.2, 0.25) is 5.91 Å². The molecule has 2 aromatic rings. The average molecular weight is 496 g/mol. The van der Waals surface area contributed by atoms with E-state index in [4.69, 9.17) is 4.74 Å². The molecule has 1 aromatic carbocycles. The van der Waals surface area contributed by atoms with E-state index in [-0.39, 0.29) is 11.4 Å². The molecule has 1 amide bonds. The van der Waals surface area contributed by atoms with E-state index in [0.29, 0.717) is 13.0 Å². The van der Waals surface area contributed by atoms with Crippen LogP contribution in [0, 0.1) is 3.57 Å². The summed E-state index contributed by atoms with van der Waals surface area (Å²) in [5, 5.41) is 4.37. The van der Waals surface area contributed by atoms with Crippen molar-refractivity contribution in [2.75, 3.05) is 38.3 Å². The molecule has 0 spiro atoms. The molecule has 0 atom stereocenters. The molecule has 1 aliphatic heterocycles. The summed E-state index contributed by atoms with van der Waals surface area (Å²) >= 11 is 2.28. The molecule has 152 valence electrons. The summed E-state index contributed by atoms with van der Waals surface area (Å²) in [6.45, 7) is 6.23. The quantitative estimate of drug-likeness (QED) is 0.526. The number of aromatic nitrogens is 2. The lowest BCUT2D eigenvalue weighted by atomic mass is 9.85. The largest absolute Gasteiger partial charge is 0.382 e. The van der Waals surface area contributed by atoms with Crippen molar-refractivity contribution in [3.8, 4) is 0 Å². The van der Waals surface area contributed by atoms with Gasteiger partial charge < -0.3 is 14.5 Å². The minimum atomic E-state index is -0.291. The van der Waals surface area contributed by atoms with Gasteiger partial charge in [0.05, 0.1) is 28.5 Å². The molecule has 0 aliphatic carbocycles. The molecular weight excluding hydrogens is 467 g/mol. The number of para-hydroxylation sites is 1. The minimum Gasteiger partial charge on any atom is -0.382 e. The standard InChI is InChI=1S/C21H29IN4O2/c1-3-20(27)26(19-7-5-4-6-8-19)21(17-28-2)9-11-24(12-10-21)13-14-25-16-18(22)15-23-25/h4-8,15-16H,3,9-14,17H2,1-2H3. The van der Waals surface area contributed by atoms with Crippen molar-refractivity contribution in [3.63, 3.8) is 0 Å². The van der Waals surface area contributed by atoms with Gasteiger partial charge in [0.15, 0.2) is 0 Å². The maximum atomic E-state index is 12.9. The molecule has 7 heteroatoms. The molecule has 2 heterocycles. The predicted octanol–water partition coefficient (Wildman–Crippen LogP) is 3.41. The SMILES string of the molecule is CCC(=O)N(c1ccccc1)C1(COC)CCN(CCn2cc(I)cn2)CC1. The van der Waals surface area contributed by atoms with Gasteiger partial charge in [-0.15, -0.1) is 0 Å². The number of likely N-dealkylation sites (tertiary alicyclic amines) is 1. The summed E-state index contributed by atoms with van der Waals surface area (Å²) in [5.74, 6) is 0.155. The molecule has 28 heavy (non-hydrogen) atoms. The van der Waals surface area contributed by atoms with Crippen molar-refractivity contribution in [1.29, 1.82) is 0 Å². The van der Waals surface area contributed by atoms with Crippen LogP contribution in [0.15, 0.2) is 42.7 Å². The molecule has 0 unspecified atom stereocenters. The van der Waals surface area contributed by atoms with Crippen molar-refractivity contribution in [3.05, 3.63) is 46.3 Å². The van der Waals surface area contributed by atoms with Gasteiger partial charge in [-0.3, -0.25) is 9.48 Å². The molecule has 0 N–H and O–H groups in total. The first kappa shape index (κ1) is 21.3. The number of hydrogen-bond donors (Lipinski definition) is 0. The fraction of sp³-hybridized carbons (Fsp3) is 0.524. The molecule has 0 radical (unpaired) electrons. The Bertz CT molecular complexity index is 757. The Kier molecular flexibility index (Phi) is 7.48. The van der Waals surface area contributed by atoms with Crippen LogP contribution in [0.5, 0.6) is 0 Å². The first-order chi connectivity index (χ1) is 13.6. The summed E-state index contributed by atoms with van der Waals surface area (Å²) < 4.78 is 8.78. The number of benzene rings is 1. The Morgan fingerprint density at radius 1 is 1.25 bits per heavy atom. The summed E-state index contributed by atoms with van der Waals surface area (Å²) in [6.07, 6.45) is 6.24. The van der Waals surface area contributed by atoms with Gasteiger partial charge in [0.25, 0.3) is 0 Å². The lowest BCUT2D eigenvalue weighted by molar-refractivity contribution is -0.120. The Labute approximate surface area is 181 Å². The molecule has 3 rings (SSSR count). The lowest BCUT2D eigenvalue weighted by Gasteiger charge is -2.48. The molecule has 0 bridgehead atoms. The number of ether oxygens (including phenoxy) is 1. The third kappa shape index (κ3) is 4.93. The number of carbonyl (C=O) groups excluding carboxylic acids is 1. The zero-order chi connectivity index (χ0) is 20.0. The number of carbonyl (C=O) groups is 1. The predicted molar refractivity (Wildman–Crippen MR) is 119 cm³/mol. The number of nitrogens with zero attached hydrogens (tertiary/aromatic N) is 4. The van der Waals surface area contributed by atoms with E-state index in [1.54, 1.807) is 7.11 Å². The Morgan fingerprint density at radius 2 is 1.96 bits per heavy atom.